The van der Waals surface area contributed by atoms with E-state index in [9.17, 15) is 0 Å². The molecule has 0 aromatic heterocycles. The van der Waals surface area contributed by atoms with Crippen LogP contribution in [0.1, 0.15) is 13.8 Å². The highest BCUT2D eigenvalue weighted by atomic mass is 28.3. The summed E-state index contributed by atoms with van der Waals surface area (Å²) in [6, 6.07) is 0. The standard InChI is InChI=1S/C5H13O2Si/c1-5(2)8(6-3)7-4/h5H,1-4H3. The van der Waals surface area contributed by atoms with E-state index in [2.05, 4.69) is 13.8 Å². The number of hydrogen-bond acceptors (Lipinski definition) is 2. The van der Waals surface area contributed by atoms with Gasteiger partial charge in [-0.15, -0.1) is 0 Å². The third kappa shape index (κ3) is 2.45. The second-order valence-electron chi connectivity index (χ2n) is 1.88. The molecule has 0 aromatic rings. The van der Waals surface area contributed by atoms with Crippen LogP contribution in [0, 0.1) is 0 Å². The summed E-state index contributed by atoms with van der Waals surface area (Å²) >= 11 is 0. The molecule has 0 amide bonds. The zero-order valence-corrected chi connectivity index (χ0v) is 6.89. The molecule has 0 saturated carbocycles. The van der Waals surface area contributed by atoms with Crippen LogP contribution in [0.2, 0.25) is 5.54 Å². The van der Waals surface area contributed by atoms with Gasteiger partial charge in [-0.05, 0) is 5.54 Å². The van der Waals surface area contributed by atoms with Gasteiger partial charge in [-0.2, -0.15) is 0 Å². The lowest BCUT2D eigenvalue weighted by Gasteiger charge is -2.11. The first-order valence-electron chi connectivity index (χ1n) is 2.67. The van der Waals surface area contributed by atoms with E-state index < -0.39 is 9.28 Å². The molecule has 0 aliphatic carbocycles. The van der Waals surface area contributed by atoms with Crippen molar-refractivity contribution in [2.24, 2.45) is 0 Å². The van der Waals surface area contributed by atoms with E-state index in [1.807, 2.05) is 0 Å². The third-order valence-electron chi connectivity index (χ3n) is 0.874. The zero-order valence-electron chi connectivity index (χ0n) is 5.89. The van der Waals surface area contributed by atoms with Gasteiger partial charge < -0.3 is 8.85 Å². The molecule has 0 spiro atoms. The molecule has 0 aliphatic heterocycles. The summed E-state index contributed by atoms with van der Waals surface area (Å²) in [5.41, 5.74) is 0.537. The highest BCUT2D eigenvalue weighted by molar-refractivity contribution is 6.45. The monoisotopic (exact) mass is 133 g/mol. The minimum atomic E-state index is -0.940. The molecule has 0 bridgehead atoms. The molecule has 8 heavy (non-hydrogen) atoms. The lowest BCUT2D eigenvalue weighted by Crippen LogP contribution is -2.22. The fraction of sp³-hybridized carbons (Fsp3) is 1.00. The molecule has 0 unspecified atom stereocenters. The first-order valence-corrected chi connectivity index (χ1v) is 4.06. The van der Waals surface area contributed by atoms with Crippen LogP contribution in [0.3, 0.4) is 0 Å². The summed E-state index contributed by atoms with van der Waals surface area (Å²) in [5.74, 6) is 0. The van der Waals surface area contributed by atoms with Crippen LogP contribution in [0.15, 0.2) is 0 Å². The van der Waals surface area contributed by atoms with E-state index in [0.29, 0.717) is 5.54 Å². The van der Waals surface area contributed by atoms with Gasteiger partial charge in [-0.25, -0.2) is 0 Å². The largest absolute Gasteiger partial charge is 0.397 e. The van der Waals surface area contributed by atoms with Crippen LogP contribution in [-0.4, -0.2) is 23.5 Å². The van der Waals surface area contributed by atoms with Crippen LogP contribution < -0.4 is 0 Å². The van der Waals surface area contributed by atoms with Gasteiger partial charge in [-0.1, -0.05) is 13.8 Å². The summed E-state index contributed by atoms with van der Waals surface area (Å²) in [6.45, 7) is 4.20. The molecular formula is C5H13O2Si. The van der Waals surface area contributed by atoms with E-state index in [-0.39, 0.29) is 0 Å². The molecule has 3 heteroatoms. The predicted molar refractivity (Wildman–Crippen MR) is 34.9 cm³/mol. The van der Waals surface area contributed by atoms with Crippen molar-refractivity contribution in [3.8, 4) is 0 Å². The highest BCUT2D eigenvalue weighted by Gasteiger charge is 2.15. The average Bonchev–Trinajstić information content (AvgIpc) is 1.69. The van der Waals surface area contributed by atoms with Gasteiger partial charge in [0.05, 0.1) is 0 Å². The average molecular weight is 133 g/mol. The SMILES string of the molecule is CO[Si](OC)C(C)C. The molecule has 0 aromatic carbocycles. The first kappa shape index (κ1) is 8.14. The summed E-state index contributed by atoms with van der Waals surface area (Å²) in [7, 11) is 2.44. The molecular weight excluding hydrogens is 120 g/mol. The van der Waals surface area contributed by atoms with E-state index in [1.165, 1.54) is 0 Å². The van der Waals surface area contributed by atoms with Crippen LogP contribution >= 0.6 is 0 Å². The van der Waals surface area contributed by atoms with E-state index in [0.717, 1.165) is 0 Å². The Labute approximate surface area is 52.7 Å². The van der Waals surface area contributed by atoms with Crippen LogP contribution in [0.5, 0.6) is 0 Å². The Kier molecular flexibility index (Phi) is 4.13. The smallest absolute Gasteiger partial charge is 0.386 e. The maximum absolute atomic E-state index is 5.04. The molecule has 0 atom stereocenters. The quantitative estimate of drug-likeness (QED) is 0.538. The second kappa shape index (κ2) is 4.06. The molecule has 0 aliphatic rings. The van der Waals surface area contributed by atoms with Crippen molar-refractivity contribution in [1.29, 1.82) is 0 Å². The molecule has 0 saturated heterocycles. The van der Waals surface area contributed by atoms with Crippen molar-refractivity contribution >= 4 is 9.28 Å². The van der Waals surface area contributed by atoms with Gasteiger partial charge in [0, 0.05) is 14.2 Å². The minimum absolute atomic E-state index is 0.537. The van der Waals surface area contributed by atoms with Gasteiger partial charge >= 0.3 is 9.28 Å². The van der Waals surface area contributed by atoms with Crippen molar-refractivity contribution in [3.05, 3.63) is 0 Å². The minimum Gasteiger partial charge on any atom is -0.397 e. The third-order valence-corrected chi connectivity index (χ3v) is 2.62. The molecule has 49 valence electrons. The molecule has 0 N–H and O–H groups in total. The molecule has 0 rings (SSSR count). The van der Waals surface area contributed by atoms with Crippen molar-refractivity contribution in [2.75, 3.05) is 14.2 Å². The molecule has 0 fully saturated rings. The Morgan fingerprint density at radius 2 is 1.50 bits per heavy atom. The Morgan fingerprint density at radius 3 is 1.50 bits per heavy atom. The first-order chi connectivity index (χ1) is 3.72. The molecule has 2 nitrogen and oxygen atoms in total. The summed E-state index contributed by atoms with van der Waals surface area (Å²) in [6.07, 6.45) is 0. The Morgan fingerprint density at radius 1 is 1.12 bits per heavy atom. The van der Waals surface area contributed by atoms with Crippen LogP contribution in [-0.2, 0) is 8.85 Å². The van der Waals surface area contributed by atoms with Crippen LogP contribution in [0.25, 0.3) is 0 Å². The maximum atomic E-state index is 5.04. The van der Waals surface area contributed by atoms with Crippen molar-refractivity contribution in [3.63, 3.8) is 0 Å². The van der Waals surface area contributed by atoms with Crippen molar-refractivity contribution in [1.82, 2.24) is 0 Å². The maximum Gasteiger partial charge on any atom is 0.386 e. The Balaban J connectivity index is 3.35. The van der Waals surface area contributed by atoms with Gasteiger partial charge in [0.2, 0.25) is 0 Å². The zero-order chi connectivity index (χ0) is 6.57. The molecule has 0 heterocycles. The van der Waals surface area contributed by atoms with Crippen LogP contribution in [0.4, 0.5) is 0 Å². The van der Waals surface area contributed by atoms with E-state index in [4.69, 9.17) is 8.85 Å². The fourth-order valence-corrected chi connectivity index (χ4v) is 1.66. The number of rotatable bonds is 3. The summed E-state index contributed by atoms with van der Waals surface area (Å²) < 4.78 is 10.1. The summed E-state index contributed by atoms with van der Waals surface area (Å²) in [5, 5.41) is 0. The van der Waals surface area contributed by atoms with E-state index in [1.54, 1.807) is 14.2 Å². The van der Waals surface area contributed by atoms with Gasteiger partial charge in [0.25, 0.3) is 0 Å². The lowest BCUT2D eigenvalue weighted by atomic mass is 10.6. The number of hydrogen-bond donors (Lipinski definition) is 0. The van der Waals surface area contributed by atoms with Gasteiger partial charge in [0.1, 0.15) is 0 Å². The Hall–Kier alpha value is 0.137. The Bertz CT molecular complexity index is 52.4. The van der Waals surface area contributed by atoms with E-state index >= 15 is 0 Å². The lowest BCUT2D eigenvalue weighted by molar-refractivity contribution is 0.269. The topological polar surface area (TPSA) is 18.5 Å². The van der Waals surface area contributed by atoms with Crippen molar-refractivity contribution in [2.45, 2.75) is 19.4 Å². The van der Waals surface area contributed by atoms with Crippen molar-refractivity contribution < 1.29 is 8.85 Å². The normalized spacial score (nSPS) is 11.2. The predicted octanol–water partition coefficient (Wildman–Crippen LogP) is 1.18. The summed E-state index contributed by atoms with van der Waals surface area (Å²) in [4.78, 5) is 0. The second-order valence-corrected chi connectivity index (χ2v) is 4.49. The van der Waals surface area contributed by atoms with Gasteiger partial charge in [0.15, 0.2) is 0 Å². The fourth-order valence-electron chi connectivity index (χ4n) is 0.555. The highest BCUT2D eigenvalue weighted by Crippen LogP contribution is 2.06. The van der Waals surface area contributed by atoms with Gasteiger partial charge in [-0.3, -0.25) is 0 Å². The molecule has 1 radical (unpaired) electrons.